The molecule has 108 valence electrons. The van der Waals surface area contributed by atoms with E-state index in [-0.39, 0.29) is 0 Å². The second-order valence-electron chi connectivity index (χ2n) is 5.58. The highest BCUT2D eigenvalue weighted by Crippen LogP contribution is 2.22. The van der Waals surface area contributed by atoms with Crippen molar-refractivity contribution in [3.63, 3.8) is 0 Å². The third-order valence-electron chi connectivity index (χ3n) is 3.36. The van der Waals surface area contributed by atoms with E-state index < -0.39 is 0 Å². The second kappa shape index (κ2) is 7.00. The lowest BCUT2D eigenvalue weighted by molar-refractivity contribution is 0.860. The first kappa shape index (κ1) is 15.9. The third-order valence-corrected chi connectivity index (χ3v) is 4.29. The first-order chi connectivity index (χ1) is 9.97. The molecule has 0 aliphatic heterocycles. The second-order valence-corrected chi connectivity index (χ2v) is 6.74. The molecule has 0 amide bonds. The molecular formula is C19H20IN. The summed E-state index contributed by atoms with van der Waals surface area (Å²) in [6.07, 6.45) is 0. The van der Waals surface area contributed by atoms with Gasteiger partial charge < -0.3 is 4.90 Å². The summed E-state index contributed by atoms with van der Waals surface area (Å²) in [7, 11) is 4.08. The van der Waals surface area contributed by atoms with E-state index in [0.29, 0.717) is 5.92 Å². The Morgan fingerprint density at radius 1 is 0.905 bits per heavy atom. The van der Waals surface area contributed by atoms with E-state index in [1.165, 1.54) is 14.8 Å². The van der Waals surface area contributed by atoms with E-state index in [1.54, 1.807) is 0 Å². The van der Waals surface area contributed by atoms with Crippen LogP contribution in [0.15, 0.2) is 42.5 Å². The molecule has 0 radical (unpaired) electrons. The van der Waals surface area contributed by atoms with Crippen molar-refractivity contribution in [2.24, 2.45) is 0 Å². The molecule has 2 aromatic rings. The van der Waals surface area contributed by atoms with E-state index in [0.717, 1.165) is 11.1 Å². The van der Waals surface area contributed by atoms with Crippen LogP contribution in [0.4, 0.5) is 5.69 Å². The average Bonchev–Trinajstić information content (AvgIpc) is 2.45. The van der Waals surface area contributed by atoms with Gasteiger partial charge in [0.15, 0.2) is 0 Å². The average molecular weight is 389 g/mol. The predicted molar refractivity (Wildman–Crippen MR) is 100.0 cm³/mol. The van der Waals surface area contributed by atoms with Gasteiger partial charge in [0.1, 0.15) is 0 Å². The van der Waals surface area contributed by atoms with Gasteiger partial charge >= 0.3 is 0 Å². The Hall–Kier alpha value is -1.47. The fraction of sp³-hybridized carbons (Fsp3) is 0.263. The molecule has 0 aliphatic carbocycles. The number of halogens is 1. The number of anilines is 1. The summed E-state index contributed by atoms with van der Waals surface area (Å²) in [6.45, 7) is 4.43. The van der Waals surface area contributed by atoms with Crippen LogP contribution in [0.25, 0.3) is 0 Å². The van der Waals surface area contributed by atoms with Gasteiger partial charge in [0.05, 0.1) is 0 Å². The maximum atomic E-state index is 3.25. The van der Waals surface area contributed by atoms with Crippen molar-refractivity contribution >= 4 is 28.3 Å². The van der Waals surface area contributed by atoms with Gasteiger partial charge in [0.25, 0.3) is 0 Å². The molecule has 1 nitrogen and oxygen atoms in total. The fourth-order valence-corrected chi connectivity index (χ4v) is 3.20. The van der Waals surface area contributed by atoms with Gasteiger partial charge in [-0.2, -0.15) is 0 Å². The van der Waals surface area contributed by atoms with Gasteiger partial charge in [-0.25, -0.2) is 0 Å². The largest absolute Gasteiger partial charge is 0.378 e. The predicted octanol–water partition coefficient (Wildman–Crippen LogP) is 4.88. The molecular weight excluding hydrogens is 369 g/mol. The molecule has 0 bridgehead atoms. The van der Waals surface area contributed by atoms with E-state index in [1.807, 2.05) is 14.1 Å². The molecule has 0 fully saturated rings. The smallest absolute Gasteiger partial charge is 0.0361 e. The van der Waals surface area contributed by atoms with Gasteiger partial charge in [-0.1, -0.05) is 31.8 Å². The molecule has 0 N–H and O–H groups in total. The highest BCUT2D eigenvalue weighted by Gasteiger charge is 2.04. The van der Waals surface area contributed by atoms with E-state index in [9.17, 15) is 0 Å². The summed E-state index contributed by atoms with van der Waals surface area (Å²) in [5.74, 6) is 7.03. The van der Waals surface area contributed by atoms with Crippen molar-refractivity contribution in [3.05, 3.63) is 62.7 Å². The van der Waals surface area contributed by atoms with Gasteiger partial charge in [-0.05, 0) is 70.5 Å². The molecule has 0 heterocycles. The van der Waals surface area contributed by atoms with Crippen LogP contribution in [-0.2, 0) is 0 Å². The zero-order chi connectivity index (χ0) is 15.4. The molecule has 0 unspecified atom stereocenters. The molecule has 0 saturated heterocycles. The van der Waals surface area contributed by atoms with E-state index in [2.05, 4.69) is 95.6 Å². The van der Waals surface area contributed by atoms with Crippen LogP contribution in [-0.4, -0.2) is 14.1 Å². The molecule has 2 aromatic carbocycles. The minimum atomic E-state index is 0.553. The lowest BCUT2D eigenvalue weighted by atomic mass is 10.0. The van der Waals surface area contributed by atoms with Crippen molar-refractivity contribution in [1.82, 2.24) is 0 Å². The van der Waals surface area contributed by atoms with Crippen molar-refractivity contribution in [2.45, 2.75) is 19.8 Å². The number of nitrogens with zero attached hydrogens (tertiary/aromatic N) is 1. The van der Waals surface area contributed by atoms with Crippen molar-refractivity contribution < 1.29 is 0 Å². The molecule has 2 heteroatoms. The number of hydrogen-bond donors (Lipinski definition) is 0. The number of rotatable bonds is 2. The van der Waals surface area contributed by atoms with Gasteiger partial charge in [-0.15, -0.1) is 0 Å². The quantitative estimate of drug-likeness (QED) is 0.523. The third kappa shape index (κ3) is 4.25. The number of benzene rings is 2. The maximum absolute atomic E-state index is 3.25. The van der Waals surface area contributed by atoms with Crippen LogP contribution < -0.4 is 4.90 Å². The zero-order valence-electron chi connectivity index (χ0n) is 12.9. The van der Waals surface area contributed by atoms with Crippen LogP contribution in [0, 0.1) is 15.4 Å². The molecule has 0 saturated carbocycles. The summed E-state index contributed by atoms with van der Waals surface area (Å²) >= 11 is 2.39. The van der Waals surface area contributed by atoms with Crippen LogP contribution in [0.5, 0.6) is 0 Å². The first-order valence-electron chi connectivity index (χ1n) is 7.06. The Labute approximate surface area is 141 Å². The van der Waals surface area contributed by atoms with Crippen LogP contribution in [0.2, 0.25) is 0 Å². The minimum absolute atomic E-state index is 0.553. The summed E-state index contributed by atoms with van der Waals surface area (Å²) < 4.78 is 1.29. The molecule has 2 rings (SSSR count). The summed E-state index contributed by atoms with van der Waals surface area (Å²) in [4.78, 5) is 2.09. The van der Waals surface area contributed by atoms with Crippen LogP contribution in [0.1, 0.15) is 36.5 Å². The zero-order valence-corrected chi connectivity index (χ0v) is 15.1. The van der Waals surface area contributed by atoms with Crippen molar-refractivity contribution in [3.8, 4) is 11.8 Å². The topological polar surface area (TPSA) is 3.24 Å². The summed E-state index contributed by atoms with van der Waals surface area (Å²) in [6, 6.07) is 14.8. The lowest BCUT2D eigenvalue weighted by Gasteiger charge is -2.11. The SMILES string of the molecule is CC(C)c1ccc(C#Cc2ccc(N(C)C)cc2)cc1I. The van der Waals surface area contributed by atoms with E-state index >= 15 is 0 Å². The number of hydrogen-bond acceptors (Lipinski definition) is 1. The standard InChI is InChI=1S/C19H20IN/c1-14(2)18-12-9-16(13-19(18)20)6-5-15-7-10-17(11-8-15)21(3)4/h7-14H,1-4H3. The summed E-state index contributed by atoms with van der Waals surface area (Å²) in [5.41, 5.74) is 4.69. The first-order valence-corrected chi connectivity index (χ1v) is 8.14. The van der Waals surface area contributed by atoms with Crippen LogP contribution >= 0.6 is 22.6 Å². The molecule has 0 atom stereocenters. The summed E-state index contributed by atoms with van der Waals surface area (Å²) in [5, 5.41) is 0. The minimum Gasteiger partial charge on any atom is -0.378 e. The lowest BCUT2D eigenvalue weighted by Crippen LogP contribution is -2.07. The van der Waals surface area contributed by atoms with Crippen molar-refractivity contribution in [1.29, 1.82) is 0 Å². The Bertz CT molecular complexity index is 673. The molecule has 0 aliphatic rings. The van der Waals surface area contributed by atoms with E-state index in [4.69, 9.17) is 0 Å². The van der Waals surface area contributed by atoms with Crippen LogP contribution in [0.3, 0.4) is 0 Å². The van der Waals surface area contributed by atoms with Gasteiger partial charge in [0.2, 0.25) is 0 Å². The Morgan fingerprint density at radius 3 is 2.00 bits per heavy atom. The fourth-order valence-electron chi connectivity index (χ4n) is 2.06. The maximum Gasteiger partial charge on any atom is 0.0361 e. The highest BCUT2D eigenvalue weighted by molar-refractivity contribution is 14.1. The normalized spacial score (nSPS) is 10.2. The van der Waals surface area contributed by atoms with Gasteiger partial charge in [0, 0.05) is 34.5 Å². The molecule has 21 heavy (non-hydrogen) atoms. The van der Waals surface area contributed by atoms with Crippen molar-refractivity contribution in [2.75, 3.05) is 19.0 Å². The monoisotopic (exact) mass is 389 g/mol. The molecule has 0 spiro atoms. The Kier molecular flexibility index (Phi) is 5.30. The van der Waals surface area contributed by atoms with Gasteiger partial charge in [-0.3, -0.25) is 0 Å². The highest BCUT2D eigenvalue weighted by atomic mass is 127. The Morgan fingerprint density at radius 2 is 1.48 bits per heavy atom. The Balaban J connectivity index is 2.21. The molecule has 0 aromatic heterocycles.